The Labute approximate surface area is 111 Å². The first kappa shape index (κ1) is 12.8. The van der Waals surface area contributed by atoms with Gasteiger partial charge in [0.15, 0.2) is 0 Å². The number of nitrogens with one attached hydrogen (secondary N) is 1. The summed E-state index contributed by atoms with van der Waals surface area (Å²) in [7, 11) is 1.88. The molecule has 0 aliphatic heterocycles. The number of rotatable bonds is 4. The maximum Gasteiger partial charge on any atom is 0.321 e. The molecule has 2 aromatic rings. The second-order valence-corrected chi connectivity index (χ2v) is 4.32. The van der Waals surface area contributed by atoms with Crippen LogP contribution < -0.4 is 10.1 Å². The van der Waals surface area contributed by atoms with Crippen molar-refractivity contribution >= 4 is 11.6 Å². The summed E-state index contributed by atoms with van der Waals surface area (Å²) in [5, 5.41) is 3.75. The number of hydrogen-bond donors (Lipinski definition) is 1. The summed E-state index contributed by atoms with van der Waals surface area (Å²) in [5.74, 6) is 0.679. The van der Waals surface area contributed by atoms with Gasteiger partial charge < -0.3 is 10.1 Å². The third-order valence-corrected chi connectivity index (χ3v) is 2.83. The lowest BCUT2D eigenvalue weighted by molar-refractivity contribution is 0.440. The van der Waals surface area contributed by atoms with E-state index < -0.39 is 0 Å². The largest absolute Gasteiger partial charge is 0.424 e. The predicted octanol–water partition coefficient (Wildman–Crippen LogP) is 2.95. The Morgan fingerprint density at radius 2 is 2.00 bits per heavy atom. The molecule has 0 saturated heterocycles. The maximum atomic E-state index is 5.95. The molecule has 1 N–H and O–H groups in total. The van der Waals surface area contributed by atoms with E-state index in [1.165, 1.54) is 0 Å². The van der Waals surface area contributed by atoms with E-state index >= 15 is 0 Å². The van der Waals surface area contributed by atoms with E-state index in [9.17, 15) is 0 Å². The van der Waals surface area contributed by atoms with E-state index in [-0.39, 0.29) is 0 Å². The molecule has 0 aliphatic rings. The maximum absolute atomic E-state index is 5.95. The molecule has 1 aromatic heterocycles. The topological polar surface area (TPSA) is 47.0 Å². The summed E-state index contributed by atoms with van der Waals surface area (Å²) in [4.78, 5) is 8.28. The fraction of sp³-hybridized carbons (Fsp3) is 0.231. The molecule has 0 bridgehead atoms. The average Bonchev–Trinajstić information content (AvgIpc) is 2.37. The lowest BCUT2D eigenvalue weighted by Gasteiger charge is -2.06. The van der Waals surface area contributed by atoms with Crippen molar-refractivity contribution in [2.45, 2.75) is 13.5 Å². The second kappa shape index (κ2) is 5.80. The highest BCUT2D eigenvalue weighted by atomic mass is 35.5. The molecule has 0 aliphatic carbocycles. The van der Waals surface area contributed by atoms with Crippen LogP contribution in [0.4, 0.5) is 0 Å². The second-order valence-electron chi connectivity index (χ2n) is 3.92. The molecule has 18 heavy (non-hydrogen) atoms. The summed E-state index contributed by atoms with van der Waals surface area (Å²) in [6, 6.07) is 5.77. The SMILES string of the molecule is CNCc1cnc(Oc2ccc(Cl)c(C)c2)nc1. The molecule has 1 heterocycles. The van der Waals surface area contributed by atoms with Gasteiger partial charge in [-0.15, -0.1) is 0 Å². The molecule has 2 rings (SSSR count). The van der Waals surface area contributed by atoms with Gasteiger partial charge in [0.1, 0.15) is 5.75 Å². The molecule has 4 nitrogen and oxygen atoms in total. The van der Waals surface area contributed by atoms with E-state index in [4.69, 9.17) is 16.3 Å². The molecule has 0 atom stereocenters. The van der Waals surface area contributed by atoms with Gasteiger partial charge in [0.05, 0.1) is 0 Å². The highest BCUT2D eigenvalue weighted by Gasteiger charge is 2.03. The minimum atomic E-state index is 0.330. The first-order valence-electron chi connectivity index (χ1n) is 5.58. The Balaban J connectivity index is 2.10. The molecule has 0 saturated carbocycles. The molecule has 5 heteroatoms. The van der Waals surface area contributed by atoms with Crippen molar-refractivity contribution in [2.24, 2.45) is 0 Å². The number of ether oxygens (including phenoxy) is 1. The van der Waals surface area contributed by atoms with Gasteiger partial charge in [-0.25, -0.2) is 9.97 Å². The molecule has 0 unspecified atom stereocenters. The van der Waals surface area contributed by atoms with Crippen molar-refractivity contribution in [2.75, 3.05) is 7.05 Å². The van der Waals surface area contributed by atoms with Crippen LogP contribution in [0.3, 0.4) is 0 Å². The van der Waals surface area contributed by atoms with Gasteiger partial charge in [-0.05, 0) is 37.7 Å². The molecule has 1 aromatic carbocycles. The average molecular weight is 264 g/mol. The molecule has 0 amide bonds. The van der Waals surface area contributed by atoms with Gasteiger partial charge in [-0.1, -0.05) is 11.6 Å². The number of halogens is 1. The zero-order chi connectivity index (χ0) is 13.0. The predicted molar refractivity (Wildman–Crippen MR) is 71.1 cm³/mol. The first-order chi connectivity index (χ1) is 8.69. The Kier molecular flexibility index (Phi) is 4.12. The first-order valence-corrected chi connectivity index (χ1v) is 5.96. The van der Waals surface area contributed by atoms with Gasteiger partial charge in [0.25, 0.3) is 0 Å². The van der Waals surface area contributed by atoms with E-state index in [0.717, 1.165) is 17.7 Å². The van der Waals surface area contributed by atoms with Crippen LogP contribution in [0.15, 0.2) is 30.6 Å². The van der Waals surface area contributed by atoms with Crippen molar-refractivity contribution in [1.82, 2.24) is 15.3 Å². The van der Waals surface area contributed by atoms with Gasteiger partial charge >= 0.3 is 6.01 Å². The van der Waals surface area contributed by atoms with Gasteiger partial charge in [-0.2, -0.15) is 0 Å². The zero-order valence-corrected chi connectivity index (χ0v) is 11.0. The van der Waals surface area contributed by atoms with Crippen LogP contribution in [0, 0.1) is 6.92 Å². The van der Waals surface area contributed by atoms with Crippen LogP contribution in [0.2, 0.25) is 5.02 Å². The normalized spacial score (nSPS) is 10.4. The van der Waals surface area contributed by atoms with E-state index in [1.807, 2.05) is 20.0 Å². The fourth-order valence-corrected chi connectivity index (χ4v) is 1.59. The Bertz CT molecular complexity index is 528. The van der Waals surface area contributed by atoms with Crippen molar-refractivity contribution in [1.29, 1.82) is 0 Å². The molecular formula is C13H14ClN3O. The zero-order valence-electron chi connectivity index (χ0n) is 10.3. The van der Waals surface area contributed by atoms with Gasteiger partial charge in [0, 0.05) is 29.5 Å². The van der Waals surface area contributed by atoms with Crippen molar-refractivity contribution < 1.29 is 4.74 Å². The number of hydrogen-bond acceptors (Lipinski definition) is 4. The van der Waals surface area contributed by atoms with Crippen LogP contribution in [0.5, 0.6) is 11.8 Å². The van der Waals surface area contributed by atoms with Crippen molar-refractivity contribution in [3.05, 3.63) is 46.7 Å². The molecule has 94 valence electrons. The fourth-order valence-electron chi connectivity index (χ4n) is 1.48. The third kappa shape index (κ3) is 3.18. The minimum Gasteiger partial charge on any atom is -0.424 e. The van der Waals surface area contributed by atoms with E-state index in [1.54, 1.807) is 24.5 Å². The van der Waals surface area contributed by atoms with Crippen LogP contribution >= 0.6 is 11.6 Å². The standard InChI is InChI=1S/C13H14ClN3O/c1-9-5-11(3-4-12(9)14)18-13-16-7-10(6-15-2)8-17-13/h3-5,7-8,15H,6H2,1-2H3. The van der Waals surface area contributed by atoms with Crippen LogP contribution in [0.1, 0.15) is 11.1 Å². The summed E-state index contributed by atoms with van der Waals surface area (Å²) >= 11 is 5.95. The summed E-state index contributed by atoms with van der Waals surface area (Å²) in [6.45, 7) is 2.66. The Hall–Kier alpha value is -1.65. The van der Waals surface area contributed by atoms with Crippen LogP contribution in [-0.2, 0) is 6.54 Å². The third-order valence-electron chi connectivity index (χ3n) is 2.40. The summed E-state index contributed by atoms with van der Waals surface area (Å²) in [6.07, 6.45) is 3.48. The molecular weight excluding hydrogens is 250 g/mol. The Morgan fingerprint density at radius 1 is 1.28 bits per heavy atom. The molecule has 0 fully saturated rings. The quantitative estimate of drug-likeness (QED) is 0.921. The van der Waals surface area contributed by atoms with Crippen molar-refractivity contribution in [3.8, 4) is 11.8 Å². The summed E-state index contributed by atoms with van der Waals surface area (Å²) < 4.78 is 5.55. The monoisotopic (exact) mass is 263 g/mol. The number of aryl methyl sites for hydroxylation is 1. The van der Waals surface area contributed by atoms with E-state index in [0.29, 0.717) is 16.8 Å². The summed E-state index contributed by atoms with van der Waals surface area (Å²) in [5.41, 5.74) is 1.97. The van der Waals surface area contributed by atoms with Gasteiger partial charge in [-0.3, -0.25) is 0 Å². The number of aromatic nitrogens is 2. The van der Waals surface area contributed by atoms with Crippen LogP contribution in [0.25, 0.3) is 0 Å². The van der Waals surface area contributed by atoms with Gasteiger partial charge in [0.2, 0.25) is 0 Å². The van der Waals surface area contributed by atoms with Crippen molar-refractivity contribution in [3.63, 3.8) is 0 Å². The highest BCUT2D eigenvalue weighted by molar-refractivity contribution is 6.31. The lowest BCUT2D eigenvalue weighted by atomic mass is 10.2. The molecule has 0 spiro atoms. The van der Waals surface area contributed by atoms with Crippen LogP contribution in [-0.4, -0.2) is 17.0 Å². The number of nitrogens with zero attached hydrogens (tertiary/aromatic N) is 2. The van der Waals surface area contributed by atoms with E-state index in [2.05, 4.69) is 15.3 Å². The minimum absolute atomic E-state index is 0.330. The smallest absolute Gasteiger partial charge is 0.321 e. The Morgan fingerprint density at radius 3 is 2.61 bits per heavy atom. The molecule has 0 radical (unpaired) electrons. The number of benzene rings is 1. The highest BCUT2D eigenvalue weighted by Crippen LogP contribution is 2.23. The lowest BCUT2D eigenvalue weighted by Crippen LogP contribution is -2.06.